The number of aromatic nitrogens is 1. The van der Waals surface area contributed by atoms with Crippen molar-refractivity contribution in [3.8, 4) is 11.1 Å². The van der Waals surface area contributed by atoms with Gasteiger partial charge >= 0.3 is 0 Å². The first-order valence-corrected chi connectivity index (χ1v) is 10.3. The summed E-state index contributed by atoms with van der Waals surface area (Å²) in [6.45, 7) is 1.53. The number of piperidine rings is 1. The Hall–Kier alpha value is -2.98. The van der Waals surface area contributed by atoms with Crippen molar-refractivity contribution in [1.82, 2.24) is 9.88 Å². The molecule has 0 aliphatic carbocycles. The predicted molar refractivity (Wildman–Crippen MR) is 116 cm³/mol. The first kappa shape index (κ1) is 19.3. The maximum absolute atomic E-state index is 12.8. The van der Waals surface area contributed by atoms with Crippen LogP contribution in [0.4, 0.5) is 0 Å². The molecule has 0 spiro atoms. The Kier molecular flexibility index (Phi) is 6.01. The summed E-state index contributed by atoms with van der Waals surface area (Å²) < 4.78 is 0. The number of amides is 1. The SMILES string of the molecule is NC(Cc1ccncc1)C(=O)N1CCC(c2cccc(-c3ccccc3)c2)CC1. The lowest BCUT2D eigenvalue weighted by Gasteiger charge is -2.34. The minimum absolute atomic E-state index is 0.0540. The summed E-state index contributed by atoms with van der Waals surface area (Å²) in [5, 5.41) is 0. The van der Waals surface area contributed by atoms with Crippen LogP contribution in [0.2, 0.25) is 0 Å². The van der Waals surface area contributed by atoms with E-state index in [9.17, 15) is 4.79 Å². The summed E-state index contributed by atoms with van der Waals surface area (Å²) >= 11 is 0. The van der Waals surface area contributed by atoms with Crippen molar-refractivity contribution in [2.75, 3.05) is 13.1 Å². The van der Waals surface area contributed by atoms with E-state index >= 15 is 0 Å². The zero-order valence-corrected chi connectivity index (χ0v) is 16.6. The molecule has 1 aliphatic rings. The Labute approximate surface area is 172 Å². The second-order valence-corrected chi connectivity index (χ2v) is 7.76. The number of rotatable bonds is 5. The van der Waals surface area contributed by atoms with Crippen LogP contribution in [0.1, 0.15) is 29.9 Å². The average molecular weight is 386 g/mol. The molecule has 4 heteroatoms. The molecule has 4 rings (SSSR count). The number of carbonyl (C=O) groups is 1. The van der Waals surface area contributed by atoms with Crippen molar-refractivity contribution in [3.05, 3.63) is 90.3 Å². The van der Waals surface area contributed by atoms with Gasteiger partial charge in [-0.15, -0.1) is 0 Å². The van der Waals surface area contributed by atoms with Crippen LogP contribution < -0.4 is 5.73 Å². The fraction of sp³-hybridized carbons (Fsp3) is 0.280. The van der Waals surface area contributed by atoms with Crippen LogP contribution in [0.3, 0.4) is 0 Å². The number of pyridine rings is 1. The average Bonchev–Trinajstić information content (AvgIpc) is 2.80. The fourth-order valence-electron chi connectivity index (χ4n) is 4.13. The second kappa shape index (κ2) is 9.01. The zero-order valence-electron chi connectivity index (χ0n) is 16.6. The van der Waals surface area contributed by atoms with Gasteiger partial charge in [0.05, 0.1) is 6.04 Å². The van der Waals surface area contributed by atoms with Gasteiger partial charge in [0.1, 0.15) is 0 Å². The van der Waals surface area contributed by atoms with Crippen molar-refractivity contribution < 1.29 is 4.79 Å². The normalized spacial score (nSPS) is 15.8. The molecule has 1 fully saturated rings. The van der Waals surface area contributed by atoms with Gasteiger partial charge in [-0.25, -0.2) is 0 Å². The van der Waals surface area contributed by atoms with Crippen LogP contribution in [0.5, 0.6) is 0 Å². The number of hydrogen-bond acceptors (Lipinski definition) is 3. The van der Waals surface area contributed by atoms with E-state index in [0.717, 1.165) is 31.5 Å². The van der Waals surface area contributed by atoms with Gasteiger partial charge in [0.25, 0.3) is 0 Å². The van der Waals surface area contributed by atoms with Crippen LogP contribution in [-0.2, 0) is 11.2 Å². The molecule has 29 heavy (non-hydrogen) atoms. The topological polar surface area (TPSA) is 59.2 Å². The highest BCUT2D eigenvalue weighted by Crippen LogP contribution is 2.31. The van der Waals surface area contributed by atoms with Crippen LogP contribution in [0.25, 0.3) is 11.1 Å². The van der Waals surface area contributed by atoms with Gasteiger partial charge in [-0.05, 0) is 59.6 Å². The van der Waals surface area contributed by atoms with Gasteiger partial charge in [0, 0.05) is 25.5 Å². The molecule has 2 heterocycles. The Morgan fingerprint density at radius 3 is 2.38 bits per heavy atom. The molecule has 3 aromatic rings. The van der Waals surface area contributed by atoms with Crippen molar-refractivity contribution in [2.24, 2.45) is 5.73 Å². The number of benzene rings is 2. The van der Waals surface area contributed by atoms with Crippen molar-refractivity contribution >= 4 is 5.91 Å². The van der Waals surface area contributed by atoms with E-state index in [-0.39, 0.29) is 5.91 Å². The van der Waals surface area contributed by atoms with E-state index in [1.807, 2.05) is 23.1 Å². The summed E-state index contributed by atoms with van der Waals surface area (Å²) in [6.07, 6.45) is 5.99. The molecule has 1 amide bonds. The fourth-order valence-corrected chi connectivity index (χ4v) is 4.13. The second-order valence-electron chi connectivity index (χ2n) is 7.76. The number of nitrogens with two attached hydrogens (primary N) is 1. The molecule has 148 valence electrons. The van der Waals surface area contributed by atoms with Gasteiger partial charge < -0.3 is 10.6 Å². The molecular weight excluding hydrogens is 358 g/mol. The Morgan fingerprint density at radius 2 is 1.66 bits per heavy atom. The van der Waals surface area contributed by atoms with Crippen LogP contribution in [0, 0.1) is 0 Å². The summed E-state index contributed by atoms with van der Waals surface area (Å²) in [5.41, 5.74) is 11.1. The van der Waals surface area contributed by atoms with E-state index in [2.05, 4.69) is 53.5 Å². The first-order valence-electron chi connectivity index (χ1n) is 10.3. The van der Waals surface area contributed by atoms with Gasteiger partial charge in [-0.1, -0.05) is 54.6 Å². The van der Waals surface area contributed by atoms with Crippen molar-refractivity contribution in [3.63, 3.8) is 0 Å². The van der Waals surface area contributed by atoms with E-state index < -0.39 is 6.04 Å². The largest absolute Gasteiger partial charge is 0.341 e. The number of nitrogens with zero attached hydrogens (tertiary/aromatic N) is 2. The summed E-state index contributed by atoms with van der Waals surface area (Å²) in [7, 11) is 0. The molecule has 0 radical (unpaired) electrons. The minimum atomic E-state index is -0.490. The summed E-state index contributed by atoms with van der Waals surface area (Å²) in [6, 6.07) is 22.6. The minimum Gasteiger partial charge on any atom is -0.341 e. The molecule has 4 nitrogen and oxygen atoms in total. The Balaban J connectivity index is 1.36. The Morgan fingerprint density at radius 1 is 0.966 bits per heavy atom. The van der Waals surface area contributed by atoms with Crippen LogP contribution in [0.15, 0.2) is 79.1 Å². The number of carbonyl (C=O) groups excluding carboxylic acids is 1. The maximum atomic E-state index is 12.8. The highest BCUT2D eigenvalue weighted by molar-refractivity contribution is 5.82. The van der Waals surface area contributed by atoms with Gasteiger partial charge in [0.2, 0.25) is 5.91 Å². The number of likely N-dealkylation sites (tertiary alicyclic amines) is 1. The lowest BCUT2D eigenvalue weighted by Crippen LogP contribution is -2.47. The van der Waals surface area contributed by atoms with Gasteiger partial charge in [-0.3, -0.25) is 9.78 Å². The molecule has 2 aromatic carbocycles. The van der Waals surface area contributed by atoms with Gasteiger partial charge in [-0.2, -0.15) is 0 Å². The van der Waals surface area contributed by atoms with Crippen molar-refractivity contribution in [1.29, 1.82) is 0 Å². The third-order valence-corrected chi connectivity index (χ3v) is 5.79. The van der Waals surface area contributed by atoms with E-state index in [1.165, 1.54) is 16.7 Å². The highest BCUT2D eigenvalue weighted by Gasteiger charge is 2.27. The Bertz CT molecular complexity index is 935. The molecular formula is C25H27N3O. The first-order chi connectivity index (χ1) is 14.2. The lowest BCUT2D eigenvalue weighted by atomic mass is 9.87. The summed E-state index contributed by atoms with van der Waals surface area (Å²) in [5.74, 6) is 0.539. The third-order valence-electron chi connectivity index (χ3n) is 5.79. The quantitative estimate of drug-likeness (QED) is 0.721. The molecule has 1 atom stereocenters. The smallest absolute Gasteiger partial charge is 0.239 e. The third kappa shape index (κ3) is 4.72. The van der Waals surface area contributed by atoms with E-state index in [1.54, 1.807) is 12.4 Å². The van der Waals surface area contributed by atoms with E-state index in [4.69, 9.17) is 5.73 Å². The van der Waals surface area contributed by atoms with E-state index in [0.29, 0.717) is 12.3 Å². The van der Waals surface area contributed by atoms with Gasteiger partial charge in [0.15, 0.2) is 0 Å². The number of hydrogen-bond donors (Lipinski definition) is 1. The molecule has 0 saturated carbocycles. The van der Waals surface area contributed by atoms with Crippen LogP contribution >= 0.6 is 0 Å². The molecule has 1 unspecified atom stereocenters. The predicted octanol–water partition coefficient (Wildman–Crippen LogP) is 4.02. The maximum Gasteiger partial charge on any atom is 0.239 e. The summed E-state index contributed by atoms with van der Waals surface area (Å²) in [4.78, 5) is 18.7. The molecule has 1 aromatic heterocycles. The van der Waals surface area contributed by atoms with Crippen LogP contribution in [-0.4, -0.2) is 34.9 Å². The molecule has 1 saturated heterocycles. The standard InChI is InChI=1S/C25H27N3O/c26-24(17-19-9-13-27-14-10-19)25(29)28-15-11-21(12-16-28)23-8-4-7-22(18-23)20-5-2-1-3-6-20/h1-10,13-14,18,21,24H,11-12,15-17,26H2. The monoisotopic (exact) mass is 385 g/mol. The zero-order chi connectivity index (χ0) is 20.1. The molecule has 0 bridgehead atoms. The van der Waals surface area contributed by atoms with Crippen molar-refractivity contribution in [2.45, 2.75) is 31.2 Å². The lowest BCUT2D eigenvalue weighted by molar-refractivity contribution is -0.133. The highest BCUT2D eigenvalue weighted by atomic mass is 16.2. The molecule has 2 N–H and O–H groups in total. The molecule has 1 aliphatic heterocycles.